The summed E-state index contributed by atoms with van der Waals surface area (Å²) in [5, 5.41) is 10.0. The molecule has 2 aromatic heterocycles. The first-order valence-electron chi connectivity index (χ1n) is 10.7. The van der Waals surface area contributed by atoms with Gasteiger partial charge in [0.05, 0.1) is 6.33 Å². The van der Waals surface area contributed by atoms with Gasteiger partial charge < -0.3 is 15.2 Å². The zero-order valence-electron chi connectivity index (χ0n) is 17.4. The molecule has 3 aromatic rings. The summed E-state index contributed by atoms with van der Waals surface area (Å²) < 4.78 is 3.72. The van der Waals surface area contributed by atoms with Gasteiger partial charge in [-0.25, -0.2) is 4.98 Å². The molecule has 8 heteroatoms. The highest BCUT2D eigenvalue weighted by atomic mass is 35.5. The third-order valence-corrected chi connectivity index (χ3v) is 6.20. The summed E-state index contributed by atoms with van der Waals surface area (Å²) in [7, 11) is 0. The second kappa shape index (κ2) is 8.74. The molecule has 0 unspecified atom stereocenters. The van der Waals surface area contributed by atoms with E-state index in [0.29, 0.717) is 42.1 Å². The first kappa shape index (κ1) is 21.4. The van der Waals surface area contributed by atoms with Crippen molar-refractivity contribution in [1.29, 1.82) is 5.26 Å². The van der Waals surface area contributed by atoms with E-state index in [1.807, 2.05) is 34.9 Å². The number of nitriles is 1. The highest BCUT2D eigenvalue weighted by Crippen LogP contribution is 2.33. The number of nitrogens with two attached hydrogens (primary N) is 1. The molecule has 2 N–H and O–H groups in total. The van der Waals surface area contributed by atoms with E-state index in [1.54, 1.807) is 10.9 Å². The summed E-state index contributed by atoms with van der Waals surface area (Å²) in [5.74, 6) is 1.34. The maximum absolute atomic E-state index is 13.5. The Balaban J connectivity index is 0.00000231. The van der Waals surface area contributed by atoms with Gasteiger partial charge in [0.25, 0.3) is 5.56 Å². The minimum atomic E-state index is -0.0631. The summed E-state index contributed by atoms with van der Waals surface area (Å²) in [6.07, 6.45) is 5.89. The molecule has 2 fully saturated rings. The molecular formula is C23H27ClN6O. The van der Waals surface area contributed by atoms with Crippen molar-refractivity contribution in [2.45, 2.75) is 44.8 Å². The van der Waals surface area contributed by atoms with Gasteiger partial charge in [-0.1, -0.05) is 30.3 Å². The van der Waals surface area contributed by atoms with Crippen molar-refractivity contribution in [3.8, 4) is 6.07 Å². The predicted molar refractivity (Wildman–Crippen MR) is 124 cm³/mol. The van der Waals surface area contributed by atoms with Gasteiger partial charge in [0.15, 0.2) is 0 Å². The standard InChI is InChI=1S/C23H26N6O.ClH/c24-11-19-20-21(23(30)28(15-26-20)12-17-8-9-17)29(13-16-5-2-1-3-6-16)22(19)27-10-4-7-18(25)14-27;/h1-3,5-6,15,17-18H,4,7-10,12-14,25H2;1H/t18-;/m0./s1. The van der Waals surface area contributed by atoms with E-state index in [-0.39, 0.29) is 24.0 Å². The molecule has 0 radical (unpaired) electrons. The predicted octanol–water partition coefficient (Wildman–Crippen LogP) is 2.88. The molecule has 0 amide bonds. The number of rotatable bonds is 5. The van der Waals surface area contributed by atoms with Gasteiger partial charge in [-0.05, 0) is 37.2 Å². The first-order chi connectivity index (χ1) is 14.7. The second-order valence-electron chi connectivity index (χ2n) is 8.57. The van der Waals surface area contributed by atoms with Crippen LogP contribution in [0.1, 0.15) is 36.8 Å². The first-order valence-corrected chi connectivity index (χ1v) is 10.7. The van der Waals surface area contributed by atoms with Crippen LogP contribution in [0.25, 0.3) is 11.0 Å². The van der Waals surface area contributed by atoms with Crippen LogP contribution in [0.2, 0.25) is 0 Å². The number of hydrogen-bond acceptors (Lipinski definition) is 5. The average Bonchev–Trinajstić information content (AvgIpc) is 3.51. The molecule has 31 heavy (non-hydrogen) atoms. The molecule has 1 atom stereocenters. The van der Waals surface area contributed by atoms with Crippen LogP contribution in [-0.4, -0.2) is 33.2 Å². The van der Waals surface area contributed by atoms with Crippen LogP contribution < -0.4 is 16.2 Å². The molecule has 0 bridgehead atoms. The van der Waals surface area contributed by atoms with Crippen LogP contribution in [0.4, 0.5) is 5.82 Å². The third-order valence-electron chi connectivity index (χ3n) is 6.20. The lowest BCUT2D eigenvalue weighted by Crippen LogP contribution is -2.44. The van der Waals surface area contributed by atoms with Crippen LogP contribution in [0.3, 0.4) is 0 Å². The van der Waals surface area contributed by atoms with Crippen molar-refractivity contribution in [2.24, 2.45) is 11.7 Å². The molecule has 7 nitrogen and oxygen atoms in total. The van der Waals surface area contributed by atoms with Crippen molar-refractivity contribution in [1.82, 2.24) is 14.1 Å². The van der Waals surface area contributed by atoms with E-state index < -0.39 is 0 Å². The number of halogens is 1. The fraction of sp³-hybridized carbons (Fsp3) is 0.435. The van der Waals surface area contributed by atoms with Crippen molar-refractivity contribution < 1.29 is 0 Å². The monoisotopic (exact) mass is 438 g/mol. The Bertz CT molecular complexity index is 1170. The molecule has 3 heterocycles. The molecule has 0 spiro atoms. The lowest BCUT2D eigenvalue weighted by atomic mass is 10.1. The van der Waals surface area contributed by atoms with Crippen LogP contribution in [0.5, 0.6) is 0 Å². The Morgan fingerprint density at radius 2 is 1.97 bits per heavy atom. The minimum Gasteiger partial charge on any atom is -0.355 e. The Hall–Kier alpha value is -2.82. The van der Waals surface area contributed by atoms with Crippen molar-refractivity contribution in [3.05, 3.63) is 58.1 Å². The van der Waals surface area contributed by atoms with E-state index in [2.05, 4.69) is 16.0 Å². The third kappa shape index (κ3) is 4.06. The van der Waals surface area contributed by atoms with E-state index in [9.17, 15) is 10.1 Å². The zero-order valence-corrected chi connectivity index (χ0v) is 18.2. The SMILES string of the molecule is Cl.N#Cc1c(N2CCC[C@H](N)C2)n(Cc2ccccc2)c2c(=O)n(CC3CC3)cnc12. The minimum absolute atomic E-state index is 0. The van der Waals surface area contributed by atoms with Crippen molar-refractivity contribution >= 4 is 29.3 Å². The van der Waals surface area contributed by atoms with Gasteiger partial charge in [-0.2, -0.15) is 5.26 Å². The molecule has 162 valence electrons. The molecule has 1 aliphatic carbocycles. The number of benzene rings is 1. The van der Waals surface area contributed by atoms with Gasteiger partial charge in [-0.3, -0.25) is 9.36 Å². The maximum Gasteiger partial charge on any atom is 0.277 e. The van der Waals surface area contributed by atoms with Gasteiger partial charge >= 0.3 is 0 Å². The molecule has 1 aromatic carbocycles. The number of hydrogen-bond donors (Lipinski definition) is 1. The van der Waals surface area contributed by atoms with Gasteiger partial charge in [0.1, 0.15) is 28.5 Å². The summed E-state index contributed by atoms with van der Waals surface area (Å²) in [4.78, 5) is 20.2. The lowest BCUT2D eigenvalue weighted by Gasteiger charge is -2.33. The Morgan fingerprint density at radius 3 is 2.65 bits per heavy atom. The average molecular weight is 439 g/mol. The summed E-state index contributed by atoms with van der Waals surface area (Å²) >= 11 is 0. The molecule has 1 aliphatic heterocycles. The zero-order chi connectivity index (χ0) is 20.7. The number of nitrogens with zero attached hydrogens (tertiary/aromatic N) is 5. The number of aromatic nitrogens is 3. The lowest BCUT2D eigenvalue weighted by molar-refractivity contribution is 0.498. The van der Waals surface area contributed by atoms with E-state index in [4.69, 9.17) is 5.73 Å². The largest absolute Gasteiger partial charge is 0.355 e. The second-order valence-corrected chi connectivity index (χ2v) is 8.57. The van der Waals surface area contributed by atoms with Gasteiger partial charge in [0, 0.05) is 32.2 Å². The van der Waals surface area contributed by atoms with E-state index >= 15 is 0 Å². The summed E-state index contributed by atoms with van der Waals surface area (Å²) in [6, 6.07) is 12.5. The van der Waals surface area contributed by atoms with Crippen LogP contribution in [-0.2, 0) is 13.1 Å². The molecule has 2 aliphatic rings. The van der Waals surface area contributed by atoms with E-state index in [1.165, 1.54) is 0 Å². The molecule has 1 saturated heterocycles. The quantitative estimate of drug-likeness (QED) is 0.661. The Labute approximate surface area is 187 Å². The fourth-order valence-corrected chi connectivity index (χ4v) is 4.51. The highest BCUT2D eigenvalue weighted by molar-refractivity contribution is 5.89. The Kier molecular flexibility index (Phi) is 6.03. The van der Waals surface area contributed by atoms with E-state index in [0.717, 1.165) is 43.6 Å². The van der Waals surface area contributed by atoms with Crippen LogP contribution in [0.15, 0.2) is 41.5 Å². The van der Waals surface area contributed by atoms with Gasteiger partial charge in [-0.15, -0.1) is 12.4 Å². The topological polar surface area (TPSA) is 92.9 Å². The van der Waals surface area contributed by atoms with Crippen molar-refractivity contribution in [3.63, 3.8) is 0 Å². The fourth-order valence-electron chi connectivity index (χ4n) is 4.51. The molecular weight excluding hydrogens is 412 g/mol. The van der Waals surface area contributed by atoms with Crippen LogP contribution >= 0.6 is 12.4 Å². The smallest absolute Gasteiger partial charge is 0.277 e. The maximum atomic E-state index is 13.5. The van der Waals surface area contributed by atoms with Gasteiger partial charge in [0.2, 0.25) is 0 Å². The number of fused-ring (bicyclic) bond motifs is 1. The van der Waals surface area contributed by atoms with Crippen molar-refractivity contribution in [2.75, 3.05) is 18.0 Å². The summed E-state index contributed by atoms with van der Waals surface area (Å²) in [6.45, 7) is 2.72. The summed E-state index contributed by atoms with van der Waals surface area (Å²) in [5.41, 5.74) is 8.77. The number of piperidine rings is 1. The van der Waals surface area contributed by atoms with Crippen LogP contribution in [0, 0.1) is 17.2 Å². The number of anilines is 1. The normalized spacial score (nSPS) is 18.6. The molecule has 5 rings (SSSR count). The Morgan fingerprint density at radius 1 is 1.19 bits per heavy atom. The highest BCUT2D eigenvalue weighted by Gasteiger charge is 2.29. The molecule has 1 saturated carbocycles.